The van der Waals surface area contributed by atoms with Crippen molar-refractivity contribution in [3.05, 3.63) is 22.9 Å². The van der Waals surface area contributed by atoms with Crippen LogP contribution in [0.1, 0.15) is 33.1 Å². The minimum atomic E-state index is -1.11. The highest BCUT2D eigenvalue weighted by Gasteiger charge is 2.56. The number of aliphatic carboxylic acids is 1. The summed E-state index contributed by atoms with van der Waals surface area (Å²) in [5.41, 5.74) is 1.55. The van der Waals surface area contributed by atoms with Crippen LogP contribution in [0.2, 0.25) is 0 Å². The average Bonchev–Trinajstić information content (AvgIpc) is 2.99. The van der Waals surface area contributed by atoms with Gasteiger partial charge >= 0.3 is 5.97 Å². The number of nitrogens with zero attached hydrogens (tertiary/aromatic N) is 2. The number of aliphatic hydroxyl groups is 1. The van der Waals surface area contributed by atoms with Crippen LogP contribution in [0.25, 0.3) is 0 Å². The molecule has 0 saturated carbocycles. The lowest BCUT2D eigenvalue weighted by Crippen LogP contribution is -2.61. The summed E-state index contributed by atoms with van der Waals surface area (Å²) in [6.45, 7) is 3.43. The normalized spacial score (nSPS) is 31.5. The molecule has 0 aliphatic carbocycles. The van der Waals surface area contributed by atoms with Gasteiger partial charge in [0.15, 0.2) is 0 Å². The standard InChI is InChI=1S/C17H23N3O4/c1-8(6-10-4-5-13(18)19(10)3)11-7-12-14(9(2)21)16(22)20(12)15(11)17(23)24/h6,9-10,12,14,18,21H,4-5,7H2,1-3H3,(H,23,24)/b8-6+,18-13?/t9-,10+,12-,14-/m1/s1. The molecule has 130 valence electrons. The van der Waals surface area contributed by atoms with Crippen LogP contribution in [0.4, 0.5) is 0 Å². The third-order valence-electron chi connectivity index (χ3n) is 5.45. The molecule has 3 N–H and O–H groups in total. The van der Waals surface area contributed by atoms with Crippen molar-refractivity contribution < 1.29 is 19.8 Å². The fourth-order valence-corrected chi connectivity index (χ4v) is 4.06. The van der Waals surface area contributed by atoms with E-state index in [1.54, 1.807) is 6.92 Å². The maximum absolute atomic E-state index is 12.2. The van der Waals surface area contributed by atoms with Crippen molar-refractivity contribution in [1.29, 1.82) is 5.41 Å². The molecule has 3 rings (SSSR count). The Morgan fingerprint density at radius 1 is 1.46 bits per heavy atom. The zero-order chi connectivity index (χ0) is 17.8. The summed E-state index contributed by atoms with van der Waals surface area (Å²) in [6.07, 6.45) is 3.23. The number of fused-ring (bicyclic) bond motifs is 1. The highest BCUT2D eigenvalue weighted by atomic mass is 16.4. The van der Waals surface area contributed by atoms with Gasteiger partial charge in [-0.05, 0) is 37.8 Å². The molecule has 0 aromatic heterocycles. The van der Waals surface area contributed by atoms with Gasteiger partial charge in [0.25, 0.3) is 0 Å². The molecule has 0 unspecified atom stereocenters. The molecule has 7 heteroatoms. The molecule has 0 radical (unpaired) electrons. The van der Waals surface area contributed by atoms with Gasteiger partial charge in [-0.3, -0.25) is 10.2 Å². The molecule has 3 heterocycles. The number of carbonyl (C=O) groups excluding carboxylic acids is 1. The van der Waals surface area contributed by atoms with Crippen LogP contribution in [0, 0.1) is 11.3 Å². The number of likely N-dealkylation sites (N-methyl/N-ethyl adjacent to an activating group) is 1. The summed E-state index contributed by atoms with van der Waals surface area (Å²) in [5.74, 6) is -1.36. The molecular weight excluding hydrogens is 310 g/mol. The smallest absolute Gasteiger partial charge is 0.352 e. The first-order valence-electron chi connectivity index (χ1n) is 8.20. The number of allylic oxidation sites excluding steroid dienone is 1. The lowest BCUT2D eigenvalue weighted by atomic mass is 9.82. The Kier molecular flexibility index (Phi) is 3.99. The fourth-order valence-electron chi connectivity index (χ4n) is 4.06. The Hall–Kier alpha value is -2.15. The quantitative estimate of drug-likeness (QED) is 0.665. The van der Waals surface area contributed by atoms with E-state index in [2.05, 4.69) is 0 Å². The van der Waals surface area contributed by atoms with E-state index in [0.29, 0.717) is 24.3 Å². The number of β-lactam (4-membered cyclic amide) rings is 1. The van der Waals surface area contributed by atoms with E-state index in [1.165, 1.54) is 4.90 Å². The topological polar surface area (TPSA) is 105 Å². The number of amidine groups is 1. The van der Waals surface area contributed by atoms with Crippen LogP contribution in [-0.4, -0.2) is 63.0 Å². The highest BCUT2D eigenvalue weighted by molar-refractivity contribution is 6.00. The predicted molar refractivity (Wildman–Crippen MR) is 87.4 cm³/mol. The second kappa shape index (κ2) is 5.73. The number of aliphatic hydroxyl groups excluding tert-OH is 1. The molecule has 0 spiro atoms. The third kappa shape index (κ3) is 2.34. The summed E-state index contributed by atoms with van der Waals surface area (Å²) in [6, 6.07) is -0.182. The molecule has 0 bridgehead atoms. The Balaban J connectivity index is 1.91. The van der Waals surface area contributed by atoms with Crippen LogP contribution in [0.3, 0.4) is 0 Å². The van der Waals surface area contributed by atoms with Crippen LogP contribution in [-0.2, 0) is 9.59 Å². The molecule has 0 aromatic rings. The van der Waals surface area contributed by atoms with E-state index in [-0.39, 0.29) is 23.7 Å². The summed E-state index contributed by atoms with van der Waals surface area (Å²) in [5, 5.41) is 27.2. The van der Waals surface area contributed by atoms with Crippen LogP contribution < -0.4 is 0 Å². The lowest BCUT2D eigenvalue weighted by Gasteiger charge is -2.44. The van der Waals surface area contributed by atoms with Crippen molar-refractivity contribution in [2.45, 2.75) is 51.3 Å². The van der Waals surface area contributed by atoms with Crippen LogP contribution in [0.15, 0.2) is 22.9 Å². The molecule has 2 fully saturated rings. The van der Waals surface area contributed by atoms with Gasteiger partial charge in [0, 0.05) is 19.5 Å². The van der Waals surface area contributed by atoms with E-state index in [9.17, 15) is 19.8 Å². The number of hydrogen-bond acceptors (Lipinski definition) is 4. The number of amides is 1. The minimum absolute atomic E-state index is 0.0476. The van der Waals surface area contributed by atoms with Crippen molar-refractivity contribution in [2.75, 3.05) is 7.05 Å². The van der Waals surface area contributed by atoms with Gasteiger partial charge in [-0.15, -0.1) is 0 Å². The fraction of sp³-hybridized carbons (Fsp3) is 0.588. The first-order valence-corrected chi connectivity index (χ1v) is 8.20. The molecule has 0 aromatic carbocycles. The zero-order valence-electron chi connectivity index (χ0n) is 14.1. The summed E-state index contributed by atoms with van der Waals surface area (Å²) in [4.78, 5) is 27.1. The first kappa shape index (κ1) is 16.7. The Morgan fingerprint density at radius 2 is 2.12 bits per heavy atom. The van der Waals surface area contributed by atoms with E-state index >= 15 is 0 Å². The van der Waals surface area contributed by atoms with Crippen molar-refractivity contribution in [1.82, 2.24) is 9.80 Å². The van der Waals surface area contributed by atoms with Crippen molar-refractivity contribution in [3.63, 3.8) is 0 Å². The largest absolute Gasteiger partial charge is 0.477 e. The maximum Gasteiger partial charge on any atom is 0.352 e. The van der Waals surface area contributed by atoms with Gasteiger partial charge in [0.2, 0.25) is 5.91 Å². The summed E-state index contributed by atoms with van der Waals surface area (Å²) < 4.78 is 0. The molecule has 4 atom stereocenters. The number of rotatable bonds is 4. The number of likely N-dealkylation sites (tertiary alicyclic amines) is 1. The average molecular weight is 333 g/mol. The van der Waals surface area contributed by atoms with Gasteiger partial charge in [-0.1, -0.05) is 6.08 Å². The molecule has 1 amide bonds. The number of carboxylic acid groups (broad SMARTS) is 1. The number of carbonyl (C=O) groups is 2. The van der Waals surface area contributed by atoms with Crippen molar-refractivity contribution in [2.24, 2.45) is 5.92 Å². The van der Waals surface area contributed by atoms with E-state index in [1.807, 2.05) is 24.9 Å². The van der Waals surface area contributed by atoms with Gasteiger partial charge in [-0.25, -0.2) is 4.79 Å². The van der Waals surface area contributed by atoms with E-state index in [0.717, 1.165) is 12.0 Å². The molecule has 7 nitrogen and oxygen atoms in total. The van der Waals surface area contributed by atoms with Crippen molar-refractivity contribution >= 4 is 17.7 Å². The molecule has 3 aliphatic rings. The van der Waals surface area contributed by atoms with Crippen LogP contribution in [0.5, 0.6) is 0 Å². The van der Waals surface area contributed by atoms with Gasteiger partial charge in [0.1, 0.15) is 5.70 Å². The summed E-state index contributed by atoms with van der Waals surface area (Å²) in [7, 11) is 1.87. The maximum atomic E-state index is 12.2. The van der Waals surface area contributed by atoms with Crippen LogP contribution >= 0.6 is 0 Å². The molecular formula is C17H23N3O4. The monoisotopic (exact) mass is 333 g/mol. The van der Waals surface area contributed by atoms with E-state index < -0.39 is 18.0 Å². The van der Waals surface area contributed by atoms with Gasteiger partial charge in [0.05, 0.1) is 23.9 Å². The Morgan fingerprint density at radius 3 is 2.62 bits per heavy atom. The number of nitrogens with one attached hydrogen (secondary N) is 1. The van der Waals surface area contributed by atoms with Crippen molar-refractivity contribution in [3.8, 4) is 0 Å². The lowest BCUT2D eigenvalue weighted by molar-refractivity contribution is -0.161. The third-order valence-corrected chi connectivity index (χ3v) is 5.45. The Labute approximate surface area is 140 Å². The number of carboxylic acids is 1. The van der Waals surface area contributed by atoms with E-state index in [4.69, 9.17) is 5.41 Å². The van der Waals surface area contributed by atoms with Gasteiger partial charge < -0.3 is 20.0 Å². The van der Waals surface area contributed by atoms with Gasteiger partial charge in [-0.2, -0.15) is 0 Å². The molecule has 3 aliphatic heterocycles. The zero-order valence-corrected chi connectivity index (χ0v) is 14.1. The highest BCUT2D eigenvalue weighted by Crippen LogP contribution is 2.45. The second-order valence-corrected chi connectivity index (χ2v) is 6.89. The summed E-state index contributed by atoms with van der Waals surface area (Å²) >= 11 is 0. The Bertz CT molecular complexity index is 679. The first-order chi connectivity index (χ1) is 11.2. The molecule has 2 saturated heterocycles. The molecule has 24 heavy (non-hydrogen) atoms. The number of hydrogen-bond donors (Lipinski definition) is 3. The predicted octanol–water partition coefficient (Wildman–Crippen LogP) is 0.954. The second-order valence-electron chi connectivity index (χ2n) is 6.89. The SMILES string of the molecule is C/C(=C\[C@@H]1CCC(=N)N1C)C1=C(C(=O)O)N2C(=O)[C@H]([C@@H](C)O)[C@H]2C1. The minimum Gasteiger partial charge on any atom is -0.477 e.